The number of nitrogens with zero attached hydrogens (tertiary/aromatic N) is 1. The van der Waals surface area contributed by atoms with Gasteiger partial charge in [0.1, 0.15) is 6.54 Å². The molecule has 1 heterocycles. The van der Waals surface area contributed by atoms with Crippen molar-refractivity contribution in [3.8, 4) is 0 Å². The van der Waals surface area contributed by atoms with Crippen molar-refractivity contribution < 1.29 is 19.2 Å². The van der Waals surface area contributed by atoms with Gasteiger partial charge in [-0.3, -0.25) is 24.1 Å². The van der Waals surface area contributed by atoms with Gasteiger partial charge in [0.05, 0.1) is 11.3 Å². The fourth-order valence-corrected chi connectivity index (χ4v) is 3.37. The molecule has 1 saturated carbocycles. The van der Waals surface area contributed by atoms with Crippen molar-refractivity contribution in [2.24, 2.45) is 0 Å². The molecule has 0 atom stereocenters. The Bertz CT molecular complexity index is 1020. The Kier molecular flexibility index (Phi) is 4.72. The summed E-state index contributed by atoms with van der Waals surface area (Å²) in [7, 11) is 0. The van der Waals surface area contributed by atoms with Crippen molar-refractivity contribution in [2.75, 3.05) is 16.8 Å². The Labute approximate surface area is 169 Å². The highest BCUT2D eigenvalue weighted by molar-refractivity contribution is 9.10. The van der Waals surface area contributed by atoms with Crippen LogP contribution >= 0.6 is 15.9 Å². The van der Waals surface area contributed by atoms with Crippen LogP contribution in [-0.4, -0.2) is 36.1 Å². The first kappa shape index (κ1) is 18.4. The smallest absolute Gasteiger partial charge is 0.299 e. The van der Waals surface area contributed by atoms with Gasteiger partial charge in [0.2, 0.25) is 5.91 Å². The summed E-state index contributed by atoms with van der Waals surface area (Å²) in [5.74, 6) is -2.02. The third kappa shape index (κ3) is 3.68. The SMILES string of the molecule is O=C(CN1C(=O)C(=O)c2cc(Br)ccc21)Nc1cccc(C(=O)NC2CC2)c1. The fourth-order valence-electron chi connectivity index (χ4n) is 3.01. The van der Waals surface area contributed by atoms with Crippen molar-refractivity contribution >= 4 is 50.8 Å². The molecular weight excluding hydrogens is 426 g/mol. The highest BCUT2D eigenvalue weighted by Gasteiger charge is 2.36. The zero-order valence-electron chi connectivity index (χ0n) is 14.7. The second kappa shape index (κ2) is 7.20. The van der Waals surface area contributed by atoms with Crippen LogP contribution in [0.1, 0.15) is 33.6 Å². The first-order valence-electron chi connectivity index (χ1n) is 8.79. The molecule has 1 fully saturated rings. The summed E-state index contributed by atoms with van der Waals surface area (Å²) in [6.45, 7) is -0.294. The fraction of sp³-hybridized carbons (Fsp3) is 0.200. The van der Waals surface area contributed by atoms with E-state index >= 15 is 0 Å². The minimum atomic E-state index is -0.735. The highest BCUT2D eigenvalue weighted by Crippen LogP contribution is 2.31. The number of hydrogen-bond acceptors (Lipinski definition) is 4. The van der Waals surface area contributed by atoms with Crippen LogP contribution in [0.3, 0.4) is 0 Å². The Balaban J connectivity index is 1.46. The first-order chi connectivity index (χ1) is 13.4. The lowest BCUT2D eigenvalue weighted by molar-refractivity contribution is -0.118. The molecule has 3 amide bonds. The molecule has 1 aliphatic heterocycles. The summed E-state index contributed by atoms with van der Waals surface area (Å²) in [6, 6.07) is 11.7. The van der Waals surface area contributed by atoms with Gasteiger partial charge in [0, 0.05) is 21.8 Å². The lowest BCUT2D eigenvalue weighted by Gasteiger charge is -2.16. The molecule has 2 aromatic rings. The molecule has 2 aliphatic rings. The number of hydrogen-bond donors (Lipinski definition) is 2. The van der Waals surface area contributed by atoms with Crippen molar-refractivity contribution in [1.82, 2.24) is 5.32 Å². The van der Waals surface area contributed by atoms with Crippen LogP contribution in [0.4, 0.5) is 11.4 Å². The van der Waals surface area contributed by atoms with E-state index in [1.54, 1.807) is 42.5 Å². The average Bonchev–Trinajstić information content (AvgIpc) is 3.45. The highest BCUT2D eigenvalue weighted by atomic mass is 79.9. The van der Waals surface area contributed by atoms with Gasteiger partial charge in [0.15, 0.2) is 0 Å². The molecular formula is C20H16BrN3O4. The van der Waals surface area contributed by atoms with E-state index < -0.39 is 17.6 Å². The number of Topliss-reactive ketones (excluding diaryl/α,β-unsaturated/α-hetero) is 1. The number of rotatable bonds is 5. The number of benzene rings is 2. The molecule has 1 aliphatic carbocycles. The molecule has 2 aromatic carbocycles. The largest absolute Gasteiger partial charge is 0.349 e. The lowest BCUT2D eigenvalue weighted by atomic mass is 10.1. The van der Waals surface area contributed by atoms with Crippen LogP contribution in [0.5, 0.6) is 0 Å². The van der Waals surface area contributed by atoms with Crippen LogP contribution < -0.4 is 15.5 Å². The second-order valence-corrected chi connectivity index (χ2v) is 7.67. The van der Waals surface area contributed by atoms with Crippen LogP contribution in [-0.2, 0) is 9.59 Å². The van der Waals surface area contributed by atoms with Gasteiger partial charge >= 0.3 is 0 Å². The summed E-state index contributed by atoms with van der Waals surface area (Å²) in [6.07, 6.45) is 1.98. The third-order valence-corrected chi connectivity index (χ3v) is 5.05. The number of nitrogens with one attached hydrogen (secondary N) is 2. The second-order valence-electron chi connectivity index (χ2n) is 6.76. The molecule has 0 aromatic heterocycles. The van der Waals surface area contributed by atoms with Crippen molar-refractivity contribution in [3.05, 3.63) is 58.1 Å². The predicted octanol–water partition coefficient (Wildman–Crippen LogP) is 2.51. The van der Waals surface area contributed by atoms with Gasteiger partial charge in [-0.05, 0) is 49.2 Å². The summed E-state index contributed by atoms with van der Waals surface area (Å²) >= 11 is 3.27. The van der Waals surface area contributed by atoms with Gasteiger partial charge in [-0.1, -0.05) is 22.0 Å². The van der Waals surface area contributed by atoms with E-state index in [4.69, 9.17) is 0 Å². The molecule has 142 valence electrons. The normalized spacial score (nSPS) is 15.4. The topological polar surface area (TPSA) is 95.6 Å². The van der Waals surface area contributed by atoms with Gasteiger partial charge in [0.25, 0.3) is 17.6 Å². The number of anilines is 2. The van der Waals surface area contributed by atoms with Crippen LogP contribution in [0.15, 0.2) is 46.9 Å². The van der Waals surface area contributed by atoms with Crippen LogP contribution in [0, 0.1) is 0 Å². The van der Waals surface area contributed by atoms with E-state index in [0.717, 1.165) is 17.7 Å². The van der Waals surface area contributed by atoms with E-state index in [2.05, 4.69) is 26.6 Å². The van der Waals surface area contributed by atoms with E-state index in [0.29, 0.717) is 21.4 Å². The molecule has 2 N–H and O–H groups in total. The van der Waals surface area contributed by atoms with Crippen molar-refractivity contribution in [1.29, 1.82) is 0 Å². The summed E-state index contributed by atoms with van der Waals surface area (Å²) in [5, 5.41) is 5.57. The predicted molar refractivity (Wildman–Crippen MR) is 106 cm³/mol. The van der Waals surface area contributed by atoms with Gasteiger partial charge in [-0.2, -0.15) is 0 Å². The number of amides is 3. The molecule has 0 radical (unpaired) electrons. The first-order valence-corrected chi connectivity index (χ1v) is 9.58. The Morgan fingerprint density at radius 1 is 1.11 bits per heavy atom. The van der Waals surface area contributed by atoms with Crippen LogP contribution in [0.2, 0.25) is 0 Å². The molecule has 0 spiro atoms. The van der Waals surface area contributed by atoms with Gasteiger partial charge < -0.3 is 10.6 Å². The van der Waals surface area contributed by atoms with E-state index in [1.807, 2.05) is 0 Å². The number of carbonyl (C=O) groups is 4. The maximum absolute atomic E-state index is 12.4. The Morgan fingerprint density at radius 2 is 1.89 bits per heavy atom. The van der Waals surface area contributed by atoms with E-state index in [9.17, 15) is 19.2 Å². The monoisotopic (exact) mass is 441 g/mol. The number of fused-ring (bicyclic) bond motifs is 1. The molecule has 4 rings (SSSR count). The summed E-state index contributed by atoms with van der Waals surface area (Å²) < 4.78 is 0.681. The zero-order chi connectivity index (χ0) is 19.8. The van der Waals surface area contributed by atoms with E-state index in [-0.39, 0.29) is 24.1 Å². The molecule has 28 heavy (non-hydrogen) atoms. The standard InChI is InChI=1S/C20H16BrN3O4/c21-12-4-7-16-15(9-12)18(26)20(28)24(16)10-17(25)22-14-3-1-2-11(8-14)19(27)23-13-5-6-13/h1-4,7-9,13H,5-6,10H2,(H,22,25)(H,23,27). The Morgan fingerprint density at radius 3 is 2.64 bits per heavy atom. The maximum atomic E-state index is 12.4. The summed E-state index contributed by atoms with van der Waals surface area (Å²) in [4.78, 5) is 50.1. The van der Waals surface area contributed by atoms with Crippen LogP contribution in [0.25, 0.3) is 0 Å². The molecule has 0 unspecified atom stereocenters. The van der Waals surface area contributed by atoms with E-state index in [1.165, 1.54) is 0 Å². The zero-order valence-corrected chi connectivity index (χ0v) is 16.3. The minimum Gasteiger partial charge on any atom is -0.349 e. The number of halogens is 1. The molecule has 8 heteroatoms. The minimum absolute atomic E-state index is 0.182. The number of carbonyl (C=O) groups excluding carboxylic acids is 4. The quantitative estimate of drug-likeness (QED) is 0.696. The van der Waals surface area contributed by atoms with Crippen molar-refractivity contribution in [3.63, 3.8) is 0 Å². The molecule has 0 bridgehead atoms. The lowest BCUT2D eigenvalue weighted by Crippen LogP contribution is -2.37. The average molecular weight is 442 g/mol. The van der Waals surface area contributed by atoms with Gasteiger partial charge in [-0.25, -0.2) is 0 Å². The molecule has 7 nitrogen and oxygen atoms in total. The van der Waals surface area contributed by atoms with Gasteiger partial charge in [-0.15, -0.1) is 0 Å². The third-order valence-electron chi connectivity index (χ3n) is 4.56. The Hall–Kier alpha value is -3.00. The van der Waals surface area contributed by atoms with Crippen molar-refractivity contribution in [2.45, 2.75) is 18.9 Å². The maximum Gasteiger partial charge on any atom is 0.299 e. The number of ketones is 1. The summed E-state index contributed by atoms with van der Waals surface area (Å²) in [5.41, 5.74) is 1.58. The molecule has 0 saturated heterocycles.